The highest BCUT2D eigenvalue weighted by Gasteiger charge is 2.34. The lowest BCUT2D eigenvalue weighted by Gasteiger charge is -2.34. The van der Waals surface area contributed by atoms with E-state index in [2.05, 4.69) is 19.9 Å². The van der Waals surface area contributed by atoms with Gasteiger partial charge < -0.3 is 4.90 Å². The van der Waals surface area contributed by atoms with Gasteiger partial charge in [-0.1, -0.05) is 0 Å². The summed E-state index contributed by atoms with van der Waals surface area (Å²) in [5.74, 6) is -0.707. The minimum Gasteiger partial charge on any atom is -0.368 e. The van der Waals surface area contributed by atoms with E-state index in [0.717, 1.165) is 11.6 Å². The first-order valence-electron chi connectivity index (χ1n) is 11.9. The molecule has 1 aliphatic rings. The normalized spacial score (nSPS) is 14.9. The molecule has 0 radical (unpaired) electrons. The third-order valence-corrected chi connectivity index (χ3v) is 6.78. The maximum Gasteiger partial charge on any atom is 0.418 e. The number of halogens is 4. The van der Waals surface area contributed by atoms with Crippen molar-refractivity contribution in [1.82, 2.24) is 24.5 Å². The van der Waals surface area contributed by atoms with Gasteiger partial charge in [0.15, 0.2) is 5.65 Å². The van der Waals surface area contributed by atoms with E-state index < -0.39 is 29.8 Å². The number of rotatable bonds is 4. The molecule has 192 valence electrons. The molecule has 7 nitrogen and oxygen atoms in total. The van der Waals surface area contributed by atoms with Gasteiger partial charge in [-0.05, 0) is 62.4 Å². The van der Waals surface area contributed by atoms with Crippen LogP contribution in [0.4, 0.5) is 23.2 Å². The van der Waals surface area contributed by atoms with E-state index in [4.69, 9.17) is 0 Å². The van der Waals surface area contributed by atoms with E-state index in [1.54, 1.807) is 25.3 Å². The van der Waals surface area contributed by atoms with Gasteiger partial charge in [-0.15, -0.1) is 0 Å². The second-order valence-corrected chi connectivity index (χ2v) is 9.24. The smallest absolute Gasteiger partial charge is 0.368 e. The molecule has 0 N–H and O–H groups in total. The number of aryl methyl sites for hydroxylation is 2. The molecule has 0 unspecified atom stereocenters. The van der Waals surface area contributed by atoms with Crippen LogP contribution >= 0.6 is 0 Å². The van der Waals surface area contributed by atoms with Crippen LogP contribution in [0.2, 0.25) is 0 Å². The summed E-state index contributed by atoms with van der Waals surface area (Å²) in [6.45, 7) is 4.14. The van der Waals surface area contributed by atoms with E-state index in [1.807, 2.05) is 11.8 Å². The first-order chi connectivity index (χ1) is 17.6. The number of alkyl halides is 3. The molecule has 37 heavy (non-hydrogen) atoms. The Kier molecular flexibility index (Phi) is 6.38. The van der Waals surface area contributed by atoms with Crippen molar-refractivity contribution < 1.29 is 17.6 Å². The largest absolute Gasteiger partial charge is 0.418 e. The van der Waals surface area contributed by atoms with Crippen LogP contribution in [0.15, 0.2) is 47.7 Å². The second kappa shape index (κ2) is 9.53. The number of aromatic nitrogens is 5. The van der Waals surface area contributed by atoms with Crippen molar-refractivity contribution in [2.45, 2.75) is 45.3 Å². The van der Waals surface area contributed by atoms with Crippen LogP contribution in [0.3, 0.4) is 0 Å². The van der Waals surface area contributed by atoms with Gasteiger partial charge in [0, 0.05) is 37.2 Å². The SMILES string of the molecule is Cc1cnc2cc(C3CCN(c4c(C)ccnc4F)CC3)c(=O)n(Cc3ncccc3C(F)(F)F)c2n1. The van der Waals surface area contributed by atoms with Crippen molar-refractivity contribution in [3.63, 3.8) is 0 Å². The molecule has 0 aromatic carbocycles. The summed E-state index contributed by atoms with van der Waals surface area (Å²) in [5, 5.41) is 0. The zero-order valence-electron chi connectivity index (χ0n) is 20.3. The molecule has 5 heterocycles. The van der Waals surface area contributed by atoms with E-state index >= 15 is 0 Å². The molecule has 4 aromatic rings. The summed E-state index contributed by atoms with van der Waals surface area (Å²) in [6.07, 6.45) is 0.755. The molecule has 0 spiro atoms. The Morgan fingerprint density at radius 1 is 1.05 bits per heavy atom. The number of anilines is 1. The quantitative estimate of drug-likeness (QED) is 0.289. The molecular weight excluding hydrogens is 488 g/mol. The first-order valence-corrected chi connectivity index (χ1v) is 11.9. The van der Waals surface area contributed by atoms with Gasteiger partial charge in [0.25, 0.3) is 5.56 Å². The molecule has 1 saturated heterocycles. The molecule has 0 bridgehead atoms. The fourth-order valence-electron chi connectivity index (χ4n) is 4.96. The summed E-state index contributed by atoms with van der Waals surface area (Å²) in [5.41, 5.74) is 1.26. The lowest BCUT2D eigenvalue weighted by molar-refractivity contribution is -0.138. The van der Waals surface area contributed by atoms with Gasteiger partial charge in [-0.3, -0.25) is 19.3 Å². The number of fused-ring (bicyclic) bond motifs is 1. The van der Waals surface area contributed by atoms with Crippen molar-refractivity contribution in [2.24, 2.45) is 0 Å². The molecule has 0 saturated carbocycles. The van der Waals surface area contributed by atoms with Crippen LogP contribution in [0.1, 0.15) is 46.8 Å². The predicted octanol–water partition coefficient (Wildman–Crippen LogP) is 4.79. The monoisotopic (exact) mass is 512 g/mol. The van der Waals surface area contributed by atoms with E-state index in [0.29, 0.717) is 48.4 Å². The highest BCUT2D eigenvalue weighted by atomic mass is 19.4. The third-order valence-electron chi connectivity index (χ3n) is 6.78. The Bertz CT molecular complexity index is 1510. The first kappa shape index (κ1) is 24.8. The summed E-state index contributed by atoms with van der Waals surface area (Å²) >= 11 is 0. The fraction of sp³-hybridized carbons (Fsp3) is 0.346. The van der Waals surface area contributed by atoms with Crippen molar-refractivity contribution in [3.05, 3.63) is 87.2 Å². The Labute approximate surface area is 209 Å². The van der Waals surface area contributed by atoms with Crippen LogP contribution in [0.5, 0.6) is 0 Å². The number of pyridine rings is 3. The van der Waals surface area contributed by atoms with Crippen molar-refractivity contribution >= 4 is 16.9 Å². The molecule has 1 aliphatic heterocycles. The van der Waals surface area contributed by atoms with Crippen LogP contribution in [-0.2, 0) is 12.7 Å². The molecule has 0 aliphatic carbocycles. The van der Waals surface area contributed by atoms with Gasteiger partial charge in [0.1, 0.15) is 5.52 Å². The summed E-state index contributed by atoms with van der Waals surface area (Å²) < 4.78 is 56.6. The third kappa shape index (κ3) is 4.77. The van der Waals surface area contributed by atoms with E-state index in [9.17, 15) is 22.4 Å². The van der Waals surface area contributed by atoms with Gasteiger partial charge in [-0.25, -0.2) is 9.97 Å². The van der Waals surface area contributed by atoms with Crippen LogP contribution in [-0.4, -0.2) is 37.6 Å². The average Bonchev–Trinajstić information content (AvgIpc) is 2.86. The van der Waals surface area contributed by atoms with Gasteiger partial charge in [-0.2, -0.15) is 17.6 Å². The minimum atomic E-state index is -4.62. The lowest BCUT2D eigenvalue weighted by atomic mass is 9.89. The molecule has 0 atom stereocenters. The Morgan fingerprint density at radius 3 is 2.51 bits per heavy atom. The number of hydrogen-bond donors (Lipinski definition) is 0. The number of hydrogen-bond acceptors (Lipinski definition) is 6. The predicted molar refractivity (Wildman–Crippen MR) is 130 cm³/mol. The van der Waals surface area contributed by atoms with Crippen LogP contribution < -0.4 is 10.5 Å². The zero-order chi connectivity index (χ0) is 26.3. The van der Waals surface area contributed by atoms with Gasteiger partial charge in [0.2, 0.25) is 5.95 Å². The zero-order valence-corrected chi connectivity index (χ0v) is 20.3. The Hall–Kier alpha value is -3.89. The summed E-state index contributed by atoms with van der Waals surface area (Å²) in [7, 11) is 0. The minimum absolute atomic E-state index is 0.173. The fourth-order valence-corrected chi connectivity index (χ4v) is 4.96. The van der Waals surface area contributed by atoms with Crippen molar-refractivity contribution in [1.29, 1.82) is 0 Å². The van der Waals surface area contributed by atoms with Crippen molar-refractivity contribution in [2.75, 3.05) is 18.0 Å². The lowest BCUT2D eigenvalue weighted by Crippen LogP contribution is -2.37. The van der Waals surface area contributed by atoms with Gasteiger partial charge in [0.05, 0.1) is 29.2 Å². The maximum atomic E-state index is 14.4. The number of nitrogens with zero attached hydrogens (tertiary/aromatic N) is 6. The second-order valence-electron chi connectivity index (χ2n) is 9.24. The Balaban J connectivity index is 1.53. The standard InChI is InChI=1S/C26H24F4N6O/c1-15-5-9-32-23(27)22(15)35-10-6-17(7-11-35)18-12-20-24(34-16(2)13-33-20)36(25(18)37)14-21-19(26(28,29)30)4-3-8-31-21/h3-5,8-9,12-13,17H,6-7,10-11,14H2,1-2H3. The maximum absolute atomic E-state index is 14.4. The van der Waals surface area contributed by atoms with Crippen molar-refractivity contribution in [3.8, 4) is 0 Å². The summed E-state index contributed by atoms with van der Waals surface area (Å²) in [4.78, 5) is 32.2. The average molecular weight is 513 g/mol. The van der Waals surface area contributed by atoms with E-state index in [-0.39, 0.29) is 17.3 Å². The molecule has 4 aromatic heterocycles. The number of piperidine rings is 1. The molecule has 1 fully saturated rings. The Morgan fingerprint density at radius 2 is 1.81 bits per heavy atom. The van der Waals surface area contributed by atoms with Crippen LogP contribution in [0, 0.1) is 19.8 Å². The van der Waals surface area contributed by atoms with Crippen LogP contribution in [0.25, 0.3) is 11.2 Å². The summed E-state index contributed by atoms with van der Waals surface area (Å²) in [6, 6.07) is 5.60. The highest BCUT2D eigenvalue weighted by molar-refractivity contribution is 5.71. The molecule has 0 amide bonds. The van der Waals surface area contributed by atoms with E-state index in [1.165, 1.54) is 23.0 Å². The highest BCUT2D eigenvalue weighted by Crippen LogP contribution is 2.33. The molecule has 11 heteroatoms. The molecule has 5 rings (SSSR count). The molecular formula is C26H24F4N6O. The van der Waals surface area contributed by atoms with Gasteiger partial charge >= 0.3 is 6.18 Å². The topological polar surface area (TPSA) is 76.8 Å².